The summed E-state index contributed by atoms with van der Waals surface area (Å²) in [6, 6.07) is 14.6. The molecule has 9 heteroatoms. The molecule has 0 heterocycles. The fraction of sp³-hybridized carbons (Fsp3) is 0.300. The van der Waals surface area contributed by atoms with E-state index in [1.165, 1.54) is 6.21 Å². The van der Waals surface area contributed by atoms with Gasteiger partial charge in [0, 0.05) is 23.2 Å². The third-order valence-electron chi connectivity index (χ3n) is 4.23. The van der Waals surface area contributed by atoms with E-state index in [9.17, 15) is 13.2 Å². The Hall–Kier alpha value is -2.39. The summed E-state index contributed by atoms with van der Waals surface area (Å²) >= 11 is 3.32. The molecule has 7 nitrogen and oxygen atoms in total. The molecule has 29 heavy (non-hydrogen) atoms. The Morgan fingerprint density at radius 1 is 1.10 bits per heavy atom. The Morgan fingerprint density at radius 3 is 2.28 bits per heavy atom. The first-order chi connectivity index (χ1) is 13.8. The van der Waals surface area contributed by atoms with Crippen LogP contribution in [0.1, 0.15) is 19.4 Å². The number of sulfonamides is 1. The Kier molecular flexibility index (Phi) is 8.21. The number of anilines is 2. The highest BCUT2D eigenvalue weighted by Gasteiger charge is 2.22. The molecule has 0 fully saturated rings. The van der Waals surface area contributed by atoms with Crippen LogP contribution in [0.5, 0.6) is 0 Å². The first-order valence-corrected chi connectivity index (χ1v) is 11.8. The zero-order valence-corrected chi connectivity index (χ0v) is 19.1. The van der Waals surface area contributed by atoms with Crippen molar-refractivity contribution in [3.8, 4) is 0 Å². The fourth-order valence-electron chi connectivity index (χ4n) is 2.74. The van der Waals surface area contributed by atoms with Crippen molar-refractivity contribution in [2.75, 3.05) is 35.1 Å². The summed E-state index contributed by atoms with van der Waals surface area (Å²) in [5.74, 6) is -0.540. The topological polar surface area (TPSA) is 82.1 Å². The number of halogens is 1. The smallest absolute Gasteiger partial charge is 0.260 e. The van der Waals surface area contributed by atoms with Gasteiger partial charge in [-0.1, -0.05) is 24.3 Å². The Morgan fingerprint density at radius 2 is 1.72 bits per heavy atom. The van der Waals surface area contributed by atoms with Gasteiger partial charge in [0.15, 0.2) is 0 Å². The lowest BCUT2D eigenvalue weighted by Gasteiger charge is -2.22. The summed E-state index contributed by atoms with van der Waals surface area (Å²) in [5, 5.41) is 3.94. The average Bonchev–Trinajstić information content (AvgIpc) is 2.68. The zero-order valence-electron chi connectivity index (χ0n) is 16.7. The van der Waals surface area contributed by atoms with Crippen molar-refractivity contribution in [1.29, 1.82) is 0 Å². The van der Waals surface area contributed by atoms with Crippen LogP contribution in [-0.4, -0.2) is 46.4 Å². The molecule has 1 amide bonds. The number of para-hydroxylation sites is 1. The predicted octanol–water partition coefficient (Wildman–Crippen LogP) is 3.21. The molecule has 2 rings (SSSR count). The molecule has 0 bridgehead atoms. The van der Waals surface area contributed by atoms with E-state index in [-0.39, 0.29) is 6.54 Å². The van der Waals surface area contributed by atoms with E-state index < -0.39 is 15.9 Å². The highest BCUT2D eigenvalue weighted by Crippen LogP contribution is 2.27. The van der Waals surface area contributed by atoms with Crippen LogP contribution in [0, 0.1) is 0 Å². The predicted molar refractivity (Wildman–Crippen MR) is 122 cm³/mol. The maximum atomic E-state index is 12.2. The minimum Gasteiger partial charge on any atom is -0.372 e. The molecule has 0 aliphatic heterocycles. The lowest BCUT2D eigenvalue weighted by Crippen LogP contribution is -2.39. The normalized spacial score (nSPS) is 11.4. The Bertz CT molecular complexity index is 958. The molecule has 0 saturated carbocycles. The van der Waals surface area contributed by atoms with Crippen LogP contribution in [-0.2, 0) is 14.8 Å². The lowest BCUT2D eigenvalue weighted by molar-refractivity contribution is -0.119. The summed E-state index contributed by atoms with van der Waals surface area (Å²) in [4.78, 5) is 14.5. The summed E-state index contributed by atoms with van der Waals surface area (Å²) in [6.45, 7) is 5.67. The van der Waals surface area contributed by atoms with Gasteiger partial charge >= 0.3 is 0 Å². The number of nitrogens with zero attached hydrogens (tertiary/aromatic N) is 3. The van der Waals surface area contributed by atoms with Crippen LogP contribution in [0.15, 0.2) is 58.1 Å². The summed E-state index contributed by atoms with van der Waals surface area (Å²) in [5.41, 5.74) is 4.72. The second-order valence-electron chi connectivity index (χ2n) is 6.28. The van der Waals surface area contributed by atoms with Gasteiger partial charge in [-0.25, -0.2) is 13.8 Å². The molecule has 0 spiro atoms. The maximum Gasteiger partial charge on any atom is 0.260 e. The standard InChI is InChI=1S/C20H25BrN4O3S/c1-4-24(5-2)17-12-10-16(11-13-17)14-22-23-20(26)15-25(29(3,27)28)19-9-7-6-8-18(19)21/h6-14H,4-5,15H2,1-3H3,(H,23,26)/b22-14+. The van der Waals surface area contributed by atoms with Gasteiger partial charge in [-0.15, -0.1) is 0 Å². The van der Waals surface area contributed by atoms with Crippen LogP contribution >= 0.6 is 15.9 Å². The minimum atomic E-state index is -3.64. The van der Waals surface area contributed by atoms with Crippen molar-refractivity contribution >= 4 is 49.4 Å². The van der Waals surface area contributed by atoms with Crippen molar-refractivity contribution in [3.63, 3.8) is 0 Å². The van der Waals surface area contributed by atoms with Crippen LogP contribution in [0.4, 0.5) is 11.4 Å². The van der Waals surface area contributed by atoms with Crippen molar-refractivity contribution in [2.45, 2.75) is 13.8 Å². The number of amides is 1. The van der Waals surface area contributed by atoms with Gasteiger partial charge < -0.3 is 4.90 Å². The summed E-state index contributed by atoms with van der Waals surface area (Å²) < 4.78 is 25.9. The minimum absolute atomic E-state index is 0.375. The number of hydrogen-bond acceptors (Lipinski definition) is 5. The van der Waals surface area contributed by atoms with Crippen LogP contribution in [0.25, 0.3) is 0 Å². The molecule has 2 aromatic rings. The summed E-state index contributed by atoms with van der Waals surface area (Å²) in [6.07, 6.45) is 2.58. The first-order valence-electron chi connectivity index (χ1n) is 9.15. The van der Waals surface area contributed by atoms with Crippen molar-refractivity contribution in [1.82, 2.24) is 5.43 Å². The van der Waals surface area contributed by atoms with Crippen molar-refractivity contribution in [3.05, 3.63) is 58.6 Å². The van der Waals surface area contributed by atoms with Gasteiger partial charge in [0.25, 0.3) is 5.91 Å². The van der Waals surface area contributed by atoms with E-state index in [1.54, 1.807) is 24.3 Å². The first kappa shape index (κ1) is 22.9. The maximum absolute atomic E-state index is 12.2. The number of nitrogens with one attached hydrogen (secondary N) is 1. The van der Waals surface area contributed by atoms with Gasteiger partial charge in [-0.05, 0) is 59.6 Å². The average molecular weight is 481 g/mol. The molecule has 0 aliphatic carbocycles. The highest BCUT2D eigenvalue weighted by molar-refractivity contribution is 9.10. The van der Waals surface area contributed by atoms with Crippen LogP contribution < -0.4 is 14.6 Å². The quantitative estimate of drug-likeness (QED) is 0.441. The van der Waals surface area contributed by atoms with Gasteiger partial charge in [0.05, 0.1) is 18.2 Å². The molecule has 0 aromatic heterocycles. The molecule has 0 atom stereocenters. The molecular formula is C20H25BrN4O3S. The largest absolute Gasteiger partial charge is 0.372 e. The van der Waals surface area contributed by atoms with E-state index in [0.29, 0.717) is 10.2 Å². The van der Waals surface area contributed by atoms with Crippen molar-refractivity contribution < 1.29 is 13.2 Å². The van der Waals surface area contributed by atoms with E-state index in [0.717, 1.165) is 34.9 Å². The number of carbonyl (C=O) groups is 1. The Balaban J connectivity index is 2.03. The van der Waals surface area contributed by atoms with E-state index in [1.807, 2.05) is 24.3 Å². The van der Waals surface area contributed by atoms with Crippen LogP contribution in [0.2, 0.25) is 0 Å². The molecular weight excluding hydrogens is 456 g/mol. The van der Waals surface area contributed by atoms with Crippen molar-refractivity contribution in [2.24, 2.45) is 5.10 Å². The lowest BCUT2D eigenvalue weighted by atomic mass is 10.2. The molecule has 156 valence electrons. The molecule has 2 aromatic carbocycles. The molecule has 0 radical (unpaired) electrons. The molecule has 0 saturated heterocycles. The molecule has 0 aliphatic rings. The fourth-order valence-corrected chi connectivity index (χ4v) is 4.22. The SMILES string of the molecule is CCN(CC)c1ccc(/C=N/NC(=O)CN(c2ccccc2Br)S(C)(=O)=O)cc1. The number of hydrogen-bond donors (Lipinski definition) is 1. The number of rotatable bonds is 9. The number of benzene rings is 2. The van der Waals surface area contributed by atoms with Gasteiger partial charge in [0.2, 0.25) is 10.0 Å². The highest BCUT2D eigenvalue weighted by atomic mass is 79.9. The van der Waals surface area contributed by atoms with Gasteiger partial charge in [-0.3, -0.25) is 9.10 Å². The summed E-state index contributed by atoms with van der Waals surface area (Å²) in [7, 11) is -3.64. The second-order valence-corrected chi connectivity index (χ2v) is 9.04. The van der Waals surface area contributed by atoms with Gasteiger partial charge in [-0.2, -0.15) is 5.10 Å². The Labute approximate surface area is 180 Å². The van der Waals surface area contributed by atoms with E-state index in [2.05, 4.69) is 45.2 Å². The molecule has 1 N–H and O–H groups in total. The number of carbonyl (C=O) groups excluding carboxylic acids is 1. The zero-order chi connectivity index (χ0) is 21.4. The third-order valence-corrected chi connectivity index (χ3v) is 6.03. The number of hydrazone groups is 1. The van der Waals surface area contributed by atoms with Gasteiger partial charge in [0.1, 0.15) is 6.54 Å². The van der Waals surface area contributed by atoms with Crippen LogP contribution in [0.3, 0.4) is 0 Å². The van der Waals surface area contributed by atoms with E-state index in [4.69, 9.17) is 0 Å². The van der Waals surface area contributed by atoms with E-state index >= 15 is 0 Å². The molecule has 0 unspecified atom stereocenters. The third kappa shape index (κ3) is 6.57. The second kappa shape index (κ2) is 10.4. The monoisotopic (exact) mass is 480 g/mol.